The highest BCUT2D eigenvalue weighted by atomic mass is 35.5. The maximum absolute atomic E-state index is 12.5. The minimum absolute atomic E-state index is 0.152. The monoisotopic (exact) mass is 489 g/mol. The van der Waals surface area contributed by atoms with E-state index in [2.05, 4.69) is 46.4 Å². The Labute approximate surface area is 203 Å². The van der Waals surface area contributed by atoms with Gasteiger partial charge in [-0.3, -0.25) is 4.79 Å². The number of carbonyl (C=O) groups excluding carboxylic acids is 1. The van der Waals surface area contributed by atoms with E-state index in [1.807, 2.05) is 23.7 Å². The largest absolute Gasteiger partial charge is 0.495 e. The van der Waals surface area contributed by atoms with Gasteiger partial charge in [0.15, 0.2) is 11.0 Å². The molecule has 0 saturated heterocycles. The molecule has 0 spiro atoms. The molecule has 1 aromatic heterocycles. The van der Waals surface area contributed by atoms with Gasteiger partial charge < -0.3 is 24.3 Å². The molecule has 10 heteroatoms. The fourth-order valence-electron chi connectivity index (χ4n) is 3.38. The van der Waals surface area contributed by atoms with Gasteiger partial charge in [-0.25, -0.2) is 0 Å². The molecule has 1 N–H and O–H groups in total. The van der Waals surface area contributed by atoms with Gasteiger partial charge in [-0.05, 0) is 44.2 Å². The average molecular weight is 490 g/mol. The van der Waals surface area contributed by atoms with Gasteiger partial charge in [0.25, 0.3) is 0 Å². The highest BCUT2D eigenvalue weighted by molar-refractivity contribution is 7.99. The minimum atomic E-state index is -0.215. The van der Waals surface area contributed by atoms with Crippen LogP contribution in [0.25, 0.3) is 11.4 Å². The summed E-state index contributed by atoms with van der Waals surface area (Å²) in [5.74, 6) is 1.61. The van der Waals surface area contributed by atoms with Gasteiger partial charge in [-0.2, -0.15) is 0 Å². The van der Waals surface area contributed by atoms with E-state index < -0.39 is 0 Å². The smallest absolute Gasteiger partial charge is 0.234 e. The average Bonchev–Trinajstić information content (AvgIpc) is 3.19. The number of nitrogens with zero attached hydrogens (tertiary/aromatic N) is 4. The Balaban J connectivity index is 1.66. The van der Waals surface area contributed by atoms with Crippen LogP contribution >= 0.6 is 23.4 Å². The summed E-state index contributed by atoms with van der Waals surface area (Å²) in [6, 6.07) is 11.5. The highest BCUT2D eigenvalue weighted by Gasteiger charge is 2.16. The third-order valence-electron chi connectivity index (χ3n) is 5.17. The molecular weight excluding hydrogens is 462 g/mol. The molecule has 0 saturated carbocycles. The van der Waals surface area contributed by atoms with Crippen molar-refractivity contribution in [1.82, 2.24) is 14.8 Å². The summed E-state index contributed by atoms with van der Waals surface area (Å²) in [6.07, 6.45) is 0. The standard InChI is InChI=1S/C23H28ClN5O3S/c1-6-29(7-2)16-10-8-15(9-11-16)22-26-27-23(28(22)3)33-14-21(30)25-18-12-17(24)19(31-4)13-20(18)32-5/h8-13H,6-7,14H2,1-5H3,(H,25,30). The van der Waals surface area contributed by atoms with Crippen molar-refractivity contribution in [2.45, 2.75) is 19.0 Å². The number of aromatic nitrogens is 3. The molecule has 0 radical (unpaired) electrons. The van der Waals surface area contributed by atoms with E-state index in [1.54, 1.807) is 12.1 Å². The van der Waals surface area contributed by atoms with E-state index in [0.29, 0.717) is 27.4 Å². The molecule has 33 heavy (non-hydrogen) atoms. The maximum atomic E-state index is 12.5. The number of thioether (sulfide) groups is 1. The van der Waals surface area contributed by atoms with E-state index in [4.69, 9.17) is 21.1 Å². The van der Waals surface area contributed by atoms with Crippen LogP contribution in [0.4, 0.5) is 11.4 Å². The van der Waals surface area contributed by atoms with E-state index in [-0.39, 0.29) is 11.7 Å². The first kappa shape index (κ1) is 24.7. The molecule has 0 unspecified atom stereocenters. The Morgan fingerprint density at radius 2 is 1.76 bits per heavy atom. The number of hydrogen-bond acceptors (Lipinski definition) is 7. The Hall–Kier alpha value is -2.91. The molecule has 176 valence electrons. The lowest BCUT2D eigenvalue weighted by Gasteiger charge is -2.21. The van der Waals surface area contributed by atoms with Crippen molar-refractivity contribution in [1.29, 1.82) is 0 Å². The normalized spacial score (nSPS) is 10.7. The van der Waals surface area contributed by atoms with E-state index in [0.717, 1.165) is 24.5 Å². The number of carbonyl (C=O) groups is 1. The molecule has 3 aromatic rings. The summed E-state index contributed by atoms with van der Waals surface area (Å²) in [4.78, 5) is 14.8. The number of ether oxygens (including phenoxy) is 2. The summed E-state index contributed by atoms with van der Waals surface area (Å²) in [7, 11) is 4.92. The number of nitrogens with one attached hydrogen (secondary N) is 1. The van der Waals surface area contributed by atoms with Crippen molar-refractivity contribution in [3.63, 3.8) is 0 Å². The third kappa shape index (κ3) is 5.72. The molecule has 0 fully saturated rings. The van der Waals surface area contributed by atoms with Crippen LogP contribution in [0.5, 0.6) is 11.5 Å². The molecule has 1 heterocycles. The minimum Gasteiger partial charge on any atom is -0.495 e. The van der Waals surface area contributed by atoms with Gasteiger partial charge >= 0.3 is 0 Å². The fourth-order valence-corrected chi connectivity index (χ4v) is 4.33. The summed E-state index contributed by atoms with van der Waals surface area (Å²) < 4.78 is 12.4. The molecule has 0 atom stereocenters. The first-order valence-corrected chi connectivity index (χ1v) is 11.9. The molecule has 0 aliphatic carbocycles. The summed E-state index contributed by atoms with van der Waals surface area (Å²) in [6.45, 7) is 6.19. The van der Waals surface area contributed by atoms with Crippen LogP contribution in [-0.4, -0.2) is 53.7 Å². The zero-order valence-electron chi connectivity index (χ0n) is 19.4. The van der Waals surface area contributed by atoms with E-state index in [9.17, 15) is 4.79 Å². The van der Waals surface area contributed by atoms with Gasteiger partial charge in [0.2, 0.25) is 5.91 Å². The molecule has 0 bridgehead atoms. The molecule has 1 amide bonds. The topological polar surface area (TPSA) is 81.5 Å². The lowest BCUT2D eigenvalue weighted by molar-refractivity contribution is -0.113. The van der Waals surface area contributed by atoms with Crippen LogP contribution in [0, 0.1) is 0 Å². The van der Waals surface area contributed by atoms with Gasteiger partial charge in [-0.1, -0.05) is 23.4 Å². The van der Waals surface area contributed by atoms with Crippen LogP contribution in [-0.2, 0) is 11.8 Å². The van der Waals surface area contributed by atoms with Crippen LogP contribution in [0.3, 0.4) is 0 Å². The first-order chi connectivity index (χ1) is 15.9. The number of benzene rings is 2. The molecule has 8 nitrogen and oxygen atoms in total. The number of halogens is 1. The second-order valence-electron chi connectivity index (χ2n) is 7.11. The Morgan fingerprint density at radius 1 is 1.09 bits per heavy atom. The SMILES string of the molecule is CCN(CC)c1ccc(-c2nnc(SCC(=O)Nc3cc(Cl)c(OC)cc3OC)n2C)cc1. The Morgan fingerprint density at radius 3 is 2.36 bits per heavy atom. The number of methoxy groups -OCH3 is 2. The predicted molar refractivity (Wildman–Crippen MR) is 134 cm³/mol. The molecule has 0 aliphatic rings. The lowest BCUT2D eigenvalue weighted by Crippen LogP contribution is -2.21. The van der Waals surface area contributed by atoms with E-state index in [1.165, 1.54) is 31.7 Å². The number of rotatable bonds is 10. The highest BCUT2D eigenvalue weighted by Crippen LogP contribution is 2.36. The summed E-state index contributed by atoms with van der Waals surface area (Å²) in [5.41, 5.74) is 2.61. The van der Waals surface area contributed by atoms with Crippen molar-refractivity contribution in [2.75, 3.05) is 43.3 Å². The van der Waals surface area contributed by atoms with Crippen molar-refractivity contribution in [2.24, 2.45) is 7.05 Å². The first-order valence-electron chi connectivity index (χ1n) is 10.5. The predicted octanol–water partition coefficient (Wildman–Crippen LogP) is 4.73. The lowest BCUT2D eigenvalue weighted by atomic mass is 10.2. The van der Waals surface area contributed by atoms with Crippen LogP contribution in [0.2, 0.25) is 5.02 Å². The summed E-state index contributed by atoms with van der Waals surface area (Å²) in [5, 5.41) is 12.4. The van der Waals surface area contributed by atoms with Crippen molar-refractivity contribution >= 4 is 40.6 Å². The molecule has 0 aliphatic heterocycles. The van der Waals surface area contributed by atoms with Gasteiger partial charge in [0, 0.05) is 37.5 Å². The third-order valence-corrected chi connectivity index (χ3v) is 6.48. The van der Waals surface area contributed by atoms with Crippen LogP contribution in [0.1, 0.15) is 13.8 Å². The molecule has 3 rings (SSSR count). The second-order valence-corrected chi connectivity index (χ2v) is 8.46. The van der Waals surface area contributed by atoms with Gasteiger partial charge in [0.05, 0.1) is 30.7 Å². The maximum Gasteiger partial charge on any atom is 0.234 e. The van der Waals surface area contributed by atoms with Crippen molar-refractivity contribution in [3.05, 3.63) is 41.4 Å². The second kappa shape index (κ2) is 11.3. The Kier molecular flexibility index (Phi) is 8.46. The van der Waals surface area contributed by atoms with E-state index >= 15 is 0 Å². The van der Waals surface area contributed by atoms with Gasteiger partial charge in [-0.15, -0.1) is 10.2 Å². The van der Waals surface area contributed by atoms with Crippen LogP contribution < -0.4 is 19.7 Å². The zero-order valence-corrected chi connectivity index (χ0v) is 21.0. The van der Waals surface area contributed by atoms with Crippen molar-refractivity contribution < 1.29 is 14.3 Å². The number of amides is 1. The quantitative estimate of drug-likeness (QED) is 0.412. The molecule has 2 aromatic carbocycles. The fraction of sp³-hybridized carbons (Fsp3) is 0.348. The molecular formula is C23H28ClN5O3S. The Bertz CT molecular complexity index is 1100. The number of anilines is 2. The number of hydrogen-bond donors (Lipinski definition) is 1. The summed E-state index contributed by atoms with van der Waals surface area (Å²) >= 11 is 7.48. The van der Waals surface area contributed by atoms with Gasteiger partial charge in [0.1, 0.15) is 11.5 Å². The zero-order chi connectivity index (χ0) is 24.0. The van der Waals surface area contributed by atoms with Crippen LogP contribution in [0.15, 0.2) is 41.6 Å². The van der Waals surface area contributed by atoms with Crippen molar-refractivity contribution in [3.8, 4) is 22.9 Å².